The van der Waals surface area contributed by atoms with Crippen molar-refractivity contribution in [3.05, 3.63) is 22.4 Å². The molecule has 2 aliphatic heterocycles. The Hall–Kier alpha value is -0.920. The highest BCUT2D eigenvalue weighted by Gasteiger charge is 2.35. The Labute approximate surface area is 128 Å². The van der Waals surface area contributed by atoms with Crippen LogP contribution in [0.25, 0.3) is 0 Å². The summed E-state index contributed by atoms with van der Waals surface area (Å²) in [5, 5.41) is 1.43. The Morgan fingerprint density at radius 3 is 2.86 bits per heavy atom. The van der Waals surface area contributed by atoms with Crippen molar-refractivity contribution in [2.24, 2.45) is 5.92 Å². The molecular formula is C14H19NO4S2. The zero-order chi connectivity index (χ0) is 14.9. The zero-order valence-electron chi connectivity index (χ0n) is 11.7. The highest BCUT2D eigenvalue weighted by atomic mass is 32.2. The number of sulfone groups is 1. The predicted octanol–water partition coefficient (Wildman–Crippen LogP) is 1.47. The first-order chi connectivity index (χ1) is 10.1. The average molecular weight is 329 g/mol. The molecule has 0 N–H and O–H groups in total. The second kappa shape index (κ2) is 6.06. The summed E-state index contributed by atoms with van der Waals surface area (Å²) in [6.07, 6.45) is 1.23. The number of hydrogen-bond acceptors (Lipinski definition) is 5. The maximum Gasteiger partial charge on any atom is 0.228 e. The maximum atomic E-state index is 12.4. The van der Waals surface area contributed by atoms with Crippen LogP contribution in [0.1, 0.15) is 23.0 Å². The van der Waals surface area contributed by atoms with E-state index >= 15 is 0 Å². The standard InChI is InChI=1S/C14H19NO4S2/c16-14(11-4-7-19-10-11)15-5-3-13(12-2-1-8-20-12)21(17,18)9-6-15/h1-2,8,11,13H,3-7,9-10H2/t11-,13+/m1/s1. The maximum absolute atomic E-state index is 12.4. The van der Waals surface area contributed by atoms with Gasteiger partial charge in [-0.1, -0.05) is 6.07 Å². The van der Waals surface area contributed by atoms with E-state index in [0.29, 0.717) is 32.7 Å². The van der Waals surface area contributed by atoms with Crippen molar-refractivity contribution in [2.45, 2.75) is 18.1 Å². The summed E-state index contributed by atoms with van der Waals surface area (Å²) in [6, 6.07) is 3.74. The summed E-state index contributed by atoms with van der Waals surface area (Å²) in [4.78, 5) is 15.0. The van der Waals surface area contributed by atoms with Crippen LogP contribution < -0.4 is 0 Å². The fourth-order valence-electron chi connectivity index (χ4n) is 2.95. The lowest BCUT2D eigenvalue weighted by atomic mass is 10.1. The molecule has 0 aliphatic carbocycles. The topological polar surface area (TPSA) is 63.7 Å². The number of carbonyl (C=O) groups is 1. The number of hydrogen-bond donors (Lipinski definition) is 0. The normalized spacial score (nSPS) is 29.2. The molecule has 3 heterocycles. The van der Waals surface area contributed by atoms with Crippen molar-refractivity contribution in [1.29, 1.82) is 0 Å². The van der Waals surface area contributed by atoms with E-state index in [4.69, 9.17) is 4.74 Å². The fraction of sp³-hybridized carbons (Fsp3) is 0.643. The molecule has 7 heteroatoms. The average Bonchev–Trinajstić information content (AvgIpc) is 3.12. The molecule has 1 aromatic heterocycles. The minimum absolute atomic E-state index is 0.0505. The first-order valence-corrected chi connectivity index (χ1v) is 9.79. The monoisotopic (exact) mass is 329 g/mol. The molecule has 0 radical (unpaired) electrons. The van der Waals surface area contributed by atoms with Crippen molar-refractivity contribution in [3.63, 3.8) is 0 Å². The van der Waals surface area contributed by atoms with Gasteiger partial charge in [0.05, 0.1) is 23.5 Å². The second-order valence-electron chi connectivity index (χ2n) is 5.55. The first kappa shape index (κ1) is 15.0. The Bertz CT molecular complexity index is 591. The third-order valence-corrected chi connectivity index (χ3v) is 7.43. The largest absolute Gasteiger partial charge is 0.381 e. The fourth-order valence-corrected chi connectivity index (χ4v) is 5.95. The van der Waals surface area contributed by atoms with Crippen molar-refractivity contribution < 1.29 is 17.9 Å². The third kappa shape index (κ3) is 3.14. The van der Waals surface area contributed by atoms with E-state index in [9.17, 15) is 13.2 Å². The summed E-state index contributed by atoms with van der Waals surface area (Å²) in [6.45, 7) is 1.91. The lowest BCUT2D eigenvalue weighted by Gasteiger charge is -2.22. The number of ether oxygens (including phenoxy) is 1. The van der Waals surface area contributed by atoms with E-state index in [2.05, 4.69) is 0 Å². The SMILES string of the molecule is O=C([C@@H]1CCOC1)N1CC[C@@H](c2cccs2)S(=O)(=O)CC1. The molecule has 1 amide bonds. The van der Waals surface area contributed by atoms with Crippen LogP contribution in [0.3, 0.4) is 0 Å². The molecule has 0 spiro atoms. The van der Waals surface area contributed by atoms with E-state index in [1.165, 1.54) is 11.3 Å². The number of amides is 1. The minimum atomic E-state index is -3.19. The molecule has 3 rings (SSSR count). The number of rotatable bonds is 2. The highest BCUT2D eigenvalue weighted by molar-refractivity contribution is 7.91. The van der Waals surface area contributed by atoms with Gasteiger partial charge in [0.15, 0.2) is 9.84 Å². The van der Waals surface area contributed by atoms with Crippen molar-refractivity contribution in [2.75, 3.05) is 32.1 Å². The number of thiophene rings is 1. The van der Waals surface area contributed by atoms with Gasteiger partial charge >= 0.3 is 0 Å². The lowest BCUT2D eigenvalue weighted by molar-refractivity contribution is -0.135. The van der Waals surface area contributed by atoms with Crippen LogP contribution in [0.15, 0.2) is 17.5 Å². The number of nitrogens with zero attached hydrogens (tertiary/aromatic N) is 1. The summed E-state index contributed by atoms with van der Waals surface area (Å²) < 4.78 is 30.1. The Morgan fingerprint density at radius 1 is 1.33 bits per heavy atom. The summed E-state index contributed by atoms with van der Waals surface area (Å²) >= 11 is 1.47. The van der Waals surface area contributed by atoms with Crippen LogP contribution in [-0.2, 0) is 19.4 Å². The van der Waals surface area contributed by atoms with Gasteiger partial charge in [0.1, 0.15) is 0 Å². The summed E-state index contributed by atoms with van der Waals surface area (Å²) in [5.41, 5.74) is 0. The molecule has 1 aromatic rings. The van der Waals surface area contributed by atoms with Crippen LogP contribution in [-0.4, -0.2) is 51.3 Å². The number of carbonyl (C=O) groups excluding carboxylic acids is 1. The molecule has 0 bridgehead atoms. The van der Waals surface area contributed by atoms with Gasteiger partial charge in [-0.05, 0) is 24.3 Å². The van der Waals surface area contributed by atoms with Gasteiger partial charge in [0, 0.05) is 24.6 Å². The molecular weight excluding hydrogens is 310 g/mol. The molecule has 2 atom stereocenters. The Balaban J connectivity index is 1.74. The zero-order valence-corrected chi connectivity index (χ0v) is 13.4. The van der Waals surface area contributed by atoms with Gasteiger partial charge in [-0.25, -0.2) is 8.42 Å². The lowest BCUT2D eigenvalue weighted by Crippen LogP contribution is -2.38. The quantitative estimate of drug-likeness (QED) is 0.824. The third-order valence-electron chi connectivity index (χ3n) is 4.19. The highest BCUT2D eigenvalue weighted by Crippen LogP contribution is 2.32. The van der Waals surface area contributed by atoms with E-state index < -0.39 is 15.1 Å². The van der Waals surface area contributed by atoms with Crippen molar-refractivity contribution in [3.8, 4) is 0 Å². The van der Waals surface area contributed by atoms with Crippen LogP contribution in [0.2, 0.25) is 0 Å². The Morgan fingerprint density at radius 2 is 2.19 bits per heavy atom. The summed E-state index contributed by atoms with van der Waals surface area (Å²) in [7, 11) is -3.19. The van der Waals surface area contributed by atoms with Crippen molar-refractivity contribution in [1.82, 2.24) is 4.90 Å². The van der Waals surface area contributed by atoms with Crippen molar-refractivity contribution >= 4 is 27.1 Å². The van der Waals surface area contributed by atoms with Gasteiger partial charge in [-0.15, -0.1) is 11.3 Å². The van der Waals surface area contributed by atoms with E-state index in [0.717, 1.165) is 11.3 Å². The van der Waals surface area contributed by atoms with Crippen LogP contribution in [0.4, 0.5) is 0 Å². The molecule has 116 valence electrons. The molecule has 2 saturated heterocycles. The molecule has 21 heavy (non-hydrogen) atoms. The van der Waals surface area contributed by atoms with Gasteiger partial charge < -0.3 is 9.64 Å². The van der Waals surface area contributed by atoms with Crippen LogP contribution in [0, 0.1) is 5.92 Å². The van der Waals surface area contributed by atoms with E-state index in [1.807, 2.05) is 17.5 Å². The molecule has 0 saturated carbocycles. The van der Waals surface area contributed by atoms with Gasteiger partial charge in [0.2, 0.25) is 5.91 Å². The summed E-state index contributed by atoms with van der Waals surface area (Å²) in [5.74, 6) is 0.00930. The van der Waals surface area contributed by atoms with Crippen LogP contribution in [0.5, 0.6) is 0 Å². The molecule has 2 aliphatic rings. The van der Waals surface area contributed by atoms with Crippen LogP contribution >= 0.6 is 11.3 Å². The van der Waals surface area contributed by atoms with E-state index in [-0.39, 0.29) is 17.6 Å². The molecule has 0 unspecified atom stereocenters. The molecule has 2 fully saturated rings. The molecule has 5 nitrogen and oxygen atoms in total. The second-order valence-corrected chi connectivity index (χ2v) is 8.83. The van der Waals surface area contributed by atoms with Gasteiger partial charge in [-0.3, -0.25) is 4.79 Å². The predicted molar refractivity (Wildman–Crippen MR) is 81.0 cm³/mol. The Kier molecular flexibility index (Phi) is 4.33. The van der Waals surface area contributed by atoms with Gasteiger partial charge in [0.25, 0.3) is 0 Å². The van der Waals surface area contributed by atoms with E-state index in [1.54, 1.807) is 4.90 Å². The minimum Gasteiger partial charge on any atom is -0.381 e. The van der Waals surface area contributed by atoms with Gasteiger partial charge in [-0.2, -0.15) is 0 Å². The first-order valence-electron chi connectivity index (χ1n) is 7.19. The molecule has 0 aromatic carbocycles. The smallest absolute Gasteiger partial charge is 0.228 e.